The largest absolute Gasteiger partial charge is 0.507 e. The molecule has 0 aliphatic heterocycles. The predicted octanol–water partition coefficient (Wildman–Crippen LogP) is 5.50. The number of phenolic OH excluding ortho intramolecular Hbond substituents is 1. The molecule has 2 N–H and O–H groups in total. The molecule has 0 saturated heterocycles. The van der Waals surface area contributed by atoms with Crippen molar-refractivity contribution in [2.45, 2.75) is 12.3 Å². The van der Waals surface area contributed by atoms with Gasteiger partial charge in [0, 0.05) is 34.0 Å². The molecule has 0 aliphatic carbocycles. The van der Waals surface area contributed by atoms with Crippen LogP contribution in [-0.4, -0.2) is 29.7 Å². The molecule has 2 aromatic carbocycles. The van der Waals surface area contributed by atoms with Gasteiger partial charge in [0.15, 0.2) is 0 Å². The lowest BCUT2D eigenvalue weighted by molar-refractivity contribution is 0.478. The number of aromatic nitrogens is 1. The fourth-order valence-corrected chi connectivity index (χ4v) is 4.52. The van der Waals surface area contributed by atoms with E-state index < -0.39 is 0 Å². The Bertz CT molecular complexity index is 1320. The number of thiophene rings is 1. The molecule has 1 atom stereocenters. The zero-order chi connectivity index (χ0) is 21.1. The third kappa shape index (κ3) is 3.57. The summed E-state index contributed by atoms with van der Waals surface area (Å²) < 4.78 is 0.657. The van der Waals surface area contributed by atoms with Gasteiger partial charge in [0.2, 0.25) is 0 Å². The van der Waals surface area contributed by atoms with E-state index in [1.165, 1.54) is 11.3 Å². The summed E-state index contributed by atoms with van der Waals surface area (Å²) in [6, 6.07) is 13.3. The molecule has 0 bridgehead atoms. The van der Waals surface area contributed by atoms with E-state index in [0.29, 0.717) is 22.4 Å². The van der Waals surface area contributed by atoms with Gasteiger partial charge in [-0.1, -0.05) is 30.3 Å². The first kappa shape index (κ1) is 19.8. The average Bonchev–Trinajstić information content (AvgIpc) is 3.25. The Kier molecular flexibility index (Phi) is 5.59. The highest BCUT2D eigenvalue weighted by Crippen LogP contribution is 2.40. The van der Waals surface area contributed by atoms with E-state index in [-0.39, 0.29) is 17.2 Å². The van der Waals surface area contributed by atoms with Crippen molar-refractivity contribution in [3.8, 4) is 16.9 Å². The van der Waals surface area contributed by atoms with Gasteiger partial charge in [0.1, 0.15) is 17.1 Å². The van der Waals surface area contributed by atoms with E-state index in [4.69, 9.17) is 0 Å². The lowest BCUT2D eigenvalue weighted by Crippen LogP contribution is -2.04. The van der Waals surface area contributed by atoms with Crippen LogP contribution in [-0.2, 0) is 0 Å². The topological polar surface area (TPSA) is 77.8 Å². The summed E-state index contributed by atoms with van der Waals surface area (Å²) in [6.07, 6.45) is 4.50. The lowest BCUT2D eigenvalue weighted by atomic mass is 9.92. The van der Waals surface area contributed by atoms with E-state index >= 15 is 0 Å². The van der Waals surface area contributed by atoms with Crippen molar-refractivity contribution in [1.82, 2.24) is 4.98 Å². The van der Waals surface area contributed by atoms with Crippen molar-refractivity contribution in [2.75, 3.05) is 6.67 Å². The summed E-state index contributed by atoms with van der Waals surface area (Å²) in [5.74, 6) is 0.274. The number of nitrogens with one attached hydrogen (secondary N) is 1. The van der Waals surface area contributed by atoms with Crippen LogP contribution >= 0.6 is 11.3 Å². The smallest absolute Gasteiger partial charge is 0.266 e. The van der Waals surface area contributed by atoms with Gasteiger partial charge in [-0.2, -0.15) is 0 Å². The molecule has 0 spiro atoms. The zero-order valence-electron chi connectivity index (χ0n) is 16.3. The Labute approximate surface area is 177 Å². The SMILES string of the molecule is C=CCC(C=NCN=C)c1ccc(-c2c(O)ccc3[nH]c(=O)c4sccc4c23)cc1. The minimum absolute atomic E-state index is 0.0966. The van der Waals surface area contributed by atoms with Crippen molar-refractivity contribution < 1.29 is 5.11 Å². The van der Waals surface area contributed by atoms with Crippen molar-refractivity contribution in [3.05, 3.63) is 76.4 Å². The van der Waals surface area contributed by atoms with E-state index in [1.807, 2.05) is 48.0 Å². The van der Waals surface area contributed by atoms with Gasteiger partial charge in [-0.05, 0) is 47.8 Å². The lowest BCUT2D eigenvalue weighted by Gasteiger charge is -2.14. The second-order valence-corrected chi connectivity index (χ2v) is 7.87. The molecular weight excluding hydrogens is 394 g/mol. The quantitative estimate of drug-likeness (QED) is 0.309. The van der Waals surface area contributed by atoms with Crippen LogP contribution in [0, 0.1) is 0 Å². The van der Waals surface area contributed by atoms with Crippen molar-refractivity contribution >= 4 is 45.3 Å². The maximum atomic E-state index is 12.3. The van der Waals surface area contributed by atoms with Gasteiger partial charge in [-0.25, -0.2) is 0 Å². The highest BCUT2D eigenvalue weighted by molar-refractivity contribution is 7.17. The van der Waals surface area contributed by atoms with Crippen LogP contribution in [0.2, 0.25) is 0 Å². The number of aromatic amines is 1. The molecule has 4 rings (SSSR count). The highest BCUT2D eigenvalue weighted by Gasteiger charge is 2.16. The third-order valence-corrected chi connectivity index (χ3v) is 6.00. The molecular formula is C24H21N3O2S. The van der Waals surface area contributed by atoms with E-state index in [9.17, 15) is 9.90 Å². The number of benzene rings is 2. The number of H-pyrrole nitrogens is 1. The minimum atomic E-state index is -0.111. The summed E-state index contributed by atoms with van der Waals surface area (Å²) in [6.45, 7) is 7.62. The molecule has 30 heavy (non-hydrogen) atoms. The molecule has 5 nitrogen and oxygen atoms in total. The van der Waals surface area contributed by atoms with E-state index in [2.05, 4.69) is 28.3 Å². The fourth-order valence-electron chi connectivity index (χ4n) is 3.72. The second-order valence-electron chi connectivity index (χ2n) is 6.95. The number of hydrogen-bond donors (Lipinski definition) is 2. The van der Waals surface area contributed by atoms with Crippen molar-refractivity contribution in [3.63, 3.8) is 0 Å². The first-order valence-electron chi connectivity index (χ1n) is 9.53. The second kappa shape index (κ2) is 8.47. The van der Waals surface area contributed by atoms with Crippen molar-refractivity contribution in [2.24, 2.45) is 9.98 Å². The molecule has 150 valence electrons. The normalized spacial score (nSPS) is 12.5. The van der Waals surface area contributed by atoms with E-state index in [0.717, 1.165) is 28.3 Å². The number of hydrogen-bond acceptors (Lipinski definition) is 5. The highest BCUT2D eigenvalue weighted by atomic mass is 32.1. The molecule has 6 heteroatoms. The first-order valence-corrected chi connectivity index (χ1v) is 10.4. The number of fused-ring (bicyclic) bond motifs is 3. The number of pyridine rings is 1. The first-order chi connectivity index (χ1) is 14.6. The molecule has 0 fully saturated rings. The van der Waals surface area contributed by atoms with Crippen LogP contribution in [0.4, 0.5) is 0 Å². The Hall–Kier alpha value is -3.51. The van der Waals surface area contributed by atoms with Crippen LogP contribution < -0.4 is 5.56 Å². The number of phenols is 1. The summed E-state index contributed by atoms with van der Waals surface area (Å²) >= 11 is 1.40. The van der Waals surface area contributed by atoms with Crippen LogP contribution in [0.15, 0.2) is 75.3 Å². The third-order valence-electron chi connectivity index (χ3n) is 5.09. The summed E-state index contributed by atoms with van der Waals surface area (Å²) in [7, 11) is 0. The zero-order valence-corrected chi connectivity index (χ0v) is 17.2. The van der Waals surface area contributed by atoms with Gasteiger partial charge in [0.25, 0.3) is 5.56 Å². The van der Waals surface area contributed by atoms with Crippen LogP contribution in [0.1, 0.15) is 17.9 Å². The number of nitrogens with zero attached hydrogens (tertiary/aromatic N) is 2. The number of allylic oxidation sites excluding steroid dienone is 1. The number of aromatic hydroxyl groups is 1. The van der Waals surface area contributed by atoms with Gasteiger partial charge >= 0.3 is 0 Å². The Morgan fingerprint density at radius 3 is 2.70 bits per heavy atom. The molecule has 0 amide bonds. The molecule has 4 aromatic rings. The van der Waals surface area contributed by atoms with Gasteiger partial charge < -0.3 is 10.1 Å². The molecule has 0 aliphatic rings. The van der Waals surface area contributed by atoms with Crippen LogP contribution in [0.3, 0.4) is 0 Å². The average molecular weight is 416 g/mol. The van der Waals surface area contributed by atoms with Crippen molar-refractivity contribution in [1.29, 1.82) is 0 Å². The molecule has 0 radical (unpaired) electrons. The van der Waals surface area contributed by atoms with Gasteiger partial charge in [-0.3, -0.25) is 14.8 Å². The molecule has 1 unspecified atom stereocenters. The summed E-state index contributed by atoms with van der Waals surface area (Å²) in [5.41, 5.74) is 3.28. The summed E-state index contributed by atoms with van der Waals surface area (Å²) in [4.78, 5) is 23.3. The minimum Gasteiger partial charge on any atom is -0.507 e. The van der Waals surface area contributed by atoms with E-state index in [1.54, 1.807) is 12.1 Å². The summed E-state index contributed by atoms with van der Waals surface area (Å²) in [5, 5.41) is 14.3. The predicted molar refractivity (Wildman–Crippen MR) is 128 cm³/mol. The number of rotatable bonds is 7. The van der Waals surface area contributed by atoms with Crippen LogP contribution in [0.25, 0.3) is 32.1 Å². The Morgan fingerprint density at radius 1 is 1.17 bits per heavy atom. The standard InChI is InChI=1S/C24H21N3O2S/c1-3-4-17(13-26-14-25-2)15-5-7-16(8-6-15)21-20(28)10-9-19-22(21)18-11-12-30-23(18)24(29)27-19/h3,5-13,17,28H,1-2,4,14H2,(H,27,29). The Morgan fingerprint density at radius 2 is 1.97 bits per heavy atom. The fraction of sp³-hybridized carbons (Fsp3) is 0.125. The van der Waals surface area contributed by atoms with Gasteiger partial charge in [-0.15, -0.1) is 17.9 Å². The van der Waals surface area contributed by atoms with Crippen LogP contribution in [0.5, 0.6) is 5.75 Å². The van der Waals surface area contributed by atoms with Gasteiger partial charge in [0.05, 0.1) is 0 Å². The maximum absolute atomic E-state index is 12.3. The number of aliphatic imine (C=N–C) groups is 2. The molecule has 2 heterocycles. The molecule has 2 aromatic heterocycles. The Balaban J connectivity index is 1.84. The molecule has 0 saturated carbocycles. The monoisotopic (exact) mass is 415 g/mol. The maximum Gasteiger partial charge on any atom is 0.266 e.